The fourth-order valence-electron chi connectivity index (χ4n) is 2.25. The molecule has 0 bridgehead atoms. The SMILES string of the molecule is COCC1CCN(CCCC(C)N)CC1. The zero-order valence-electron chi connectivity index (χ0n) is 10.2. The Morgan fingerprint density at radius 1 is 1.40 bits per heavy atom. The van der Waals surface area contributed by atoms with Crippen LogP contribution in [-0.4, -0.2) is 44.3 Å². The van der Waals surface area contributed by atoms with E-state index in [-0.39, 0.29) is 0 Å². The summed E-state index contributed by atoms with van der Waals surface area (Å²) in [4.78, 5) is 2.56. The minimum absolute atomic E-state index is 0.357. The number of hydrogen-bond donors (Lipinski definition) is 1. The van der Waals surface area contributed by atoms with Crippen LogP contribution in [-0.2, 0) is 4.74 Å². The molecule has 2 N–H and O–H groups in total. The van der Waals surface area contributed by atoms with E-state index in [0.29, 0.717) is 6.04 Å². The molecule has 90 valence electrons. The number of ether oxygens (including phenoxy) is 1. The molecule has 0 aromatic rings. The van der Waals surface area contributed by atoms with E-state index in [2.05, 4.69) is 11.8 Å². The van der Waals surface area contributed by atoms with Gasteiger partial charge in [0.15, 0.2) is 0 Å². The molecule has 1 heterocycles. The maximum absolute atomic E-state index is 5.73. The molecule has 3 nitrogen and oxygen atoms in total. The van der Waals surface area contributed by atoms with Gasteiger partial charge in [-0.15, -0.1) is 0 Å². The maximum atomic E-state index is 5.73. The van der Waals surface area contributed by atoms with Crippen LogP contribution in [0.4, 0.5) is 0 Å². The molecule has 1 saturated heterocycles. The highest BCUT2D eigenvalue weighted by Crippen LogP contribution is 2.17. The van der Waals surface area contributed by atoms with Crippen molar-refractivity contribution >= 4 is 0 Å². The number of nitrogens with zero attached hydrogens (tertiary/aromatic N) is 1. The smallest absolute Gasteiger partial charge is 0.0491 e. The Morgan fingerprint density at radius 2 is 2.07 bits per heavy atom. The lowest BCUT2D eigenvalue weighted by molar-refractivity contribution is 0.0987. The van der Waals surface area contributed by atoms with E-state index in [1.807, 2.05) is 0 Å². The largest absolute Gasteiger partial charge is 0.384 e. The second kappa shape index (κ2) is 7.20. The van der Waals surface area contributed by atoms with E-state index >= 15 is 0 Å². The van der Waals surface area contributed by atoms with Crippen molar-refractivity contribution in [2.24, 2.45) is 11.7 Å². The number of rotatable bonds is 6. The third kappa shape index (κ3) is 5.50. The highest BCUT2D eigenvalue weighted by molar-refractivity contribution is 4.72. The molecular weight excluding hydrogens is 188 g/mol. The van der Waals surface area contributed by atoms with Gasteiger partial charge in [0.05, 0.1) is 0 Å². The maximum Gasteiger partial charge on any atom is 0.0491 e. The van der Waals surface area contributed by atoms with Crippen LogP contribution in [0.3, 0.4) is 0 Å². The summed E-state index contributed by atoms with van der Waals surface area (Å²) in [6.45, 7) is 6.74. The summed E-state index contributed by atoms with van der Waals surface area (Å²) in [5, 5.41) is 0. The van der Waals surface area contributed by atoms with Gasteiger partial charge in [-0.1, -0.05) is 0 Å². The average Bonchev–Trinajstić information content (AvgIpc) is 2.20. The van der Waals surface area contributed by atoms with E-state index in [1.165, 1.54) is 38.9 Å². The lowest BCUT2D eigenvalue weighted by Crippen LogP contribution is -2.36. The van der Waals surface area contributed by atoms with Gasteiger partial charge in [-0.25, -0.2) is 0 Å². The van der Waals surface area contributed by atoms with E-state index in [0.717, 1.165) is 18.9 Å². The molecule has 1 aliphatic heterocycles. The Morgan fingerprint density at radius 3 is 2.60 bits per heavy atom. The highest BCUT2D eigenvalue weighted by Gasteiger charge is 2.18. The van der Waals surface area contributed by atoms with Crippen LogP contribution in [0.15, 0.2) is 0 Å². The summed E-state index contributed by atoms with van der Waals surface area (Å²) in [5.41, 5.74) is 5.73. The van der Waals surface area contributed by atoms with Crippen LogP contribution < -0.4 is 5.73 Å². The molecule has 1 atom stereocenters. The zero-order valence-corrected chi connectivity index (χ0v) is 10.2. The van der Waals surface area contributed by atoms with Gasteiger partial charge in [0.25, 0.3) is 0 Å². The number of hydrogen-bond acceptors (Lipinski definition) is 3. The predicted octanol–water partition coefficient (Wildman–Crippen LogP) is 1.47. The highest BCUT2D eigenvalue weighted by atomic mass is 16.5. The molecule has 15 heavy (non-hydrogen) atoms. The summed E-state index contributed by atoms with van der Waals surface area (Å²) in [6, 6.07) is 0.357. The minimum Gasteiger partial charge on any atom is -0.384 e. The lowest BCUT2D eigenvalue weighted by atomic mass is 9.97. The van der Waals surface area contributed by atoms with Gasteiger partial charge in [-0.3, -0.25) is 0 Å². The van der Waals surface area contributed by atoms with E-state index in [1.54, 1.807) is 7.11 Å². The Labute approximate surface area is 94.0 Å². The first-order valence-electron chi connectivity index (χ1n) is 6.19. The van der Waals surface area contributed by atoms with Crippen LogP contribution >= 0.6 is 0 Å². The van der Waals surface area contributed by atoms with Gasteiger partial charge < -0.3 is 15.4 Å². The zero-order chi connectivity index (χ0) is 11.1. The molecule has 1 fully saturated rings. The summed E-state index contributed by atoms with van der Waals surface area (Å²) < 4.78 is 5.19. The Bertz CT molecular complexity index is 154. The average molecular weight is 214 g/mol. The van der Waals surface area contributed by atoms with E-state index < -0.39 is 0 Å². The van der Waals surface area contributed by atoms with Gasteiger partial charge >= 0.3 is 0 Å². The Balaban J connectivity index is 2.04. The molecule has 0 spiro atoms. The third-order valence-corrected chi connectivity index (χ3v) is 3.24. The van der Waals surface area contributed by atoms with Crippen LogP contribution in [0.2, 0.25) is 0 Å². The molecule has 0 saturated carbocycles. The molecule has 0 amide bonds. The fraction of sp³-hybridized carbons (Fsp3) is 1.00. The third-order valence-electron chi connectivity index (χ3n) is 3.24. The summed E-state index contributed by atoms with van der Waals surface area (Å²) in [7, 11) is 1.80. The topological polar surface area (TPSA) is 38.5 Å². The molecule has 0 aliphatic carbocycles. The van der Waals surface area contributed by atoms with Crippen molar-refractivity contribution in [1.82, 2.24) is 4.90 Å². The van der Waals surface area contributed by atoms with Crippen molar-refractivity contribution in [2.45, 2.75) is 38.6 Å². The standard InChI is InChI=1S/C12H26N2O/c1-11(13)4-3-7-14-8-5-12(6-9-14)10-15-2/h11-12H,3-10,13H2,1-2H3. The first-order valence-corrected chi connectivity index (χ1v) is 6.19. The minimum atomic E-state index is 0.357. The first kappa shape index (κ1) is 12.9. The van der Waals surface area contributed by atoms with Crippen LogP contribution in [0.25, 0.3) is 0 Å². The number of likely N-dealkylation sites (tertiary alicyclic amines) is 1. The van der Waals surface area contributed by atoms with E-state index in [4.69, 9.17) is 10.5 Å². The van der Waals surface area contributed by atoms with Gasteiger partial charge in [-0.05, 0) is 58.2 Å². The summed E-state index contributed by atoms with van der Waals surface area (Å²) >= 11 is 0. The second-order valence-corrected chi connectivity index (χ2v) is 4.86. The van der Waals surface area contributed by atoms with Gasteiger partial charge in [0, 0.05) is 19.8 Å². The quantitative estimate of drug-likeness (QED) is 0.728. The van der Waals surface area contributed by atoms with E-state index in [9.17, 15) is 0 Å². The fourth-order valence-corrected chi connectivity index (χ4v) is 2.25. The number of methoxy groups -OCH3 is 1. The molecule has 0 radical (unpaired) electrons. The van der Waals surface area contributed by atoms with Gasteiger partial charge in [0.2, 0.25) is 0 Å². The molecule has 3 heteroatoms. The monoisotopic (exact) mass is 214 g/mol. The molecule has 1 unspecified atom stereocenters. The summed E-state index contributed by atoms with van der Waals surface area (Å²) in [5.74, 6) is 0.791. The normalized spacial score (nSPS) is 21.8. The summed E-state index contributed by atoms with van der Waals surface area (Å²) in [6.07, 6.45) is 4.99. The van der Waals surface area contributed by atoms with Crippen molar-refractivity contribution in [1.29, 1.82) is 0 Å². The molecule has 1 rings (SSSR count). The second-order valence-electron chi connectivity index (χ2n) is 4.86. The van der Waals surface area contributed by atoms with Gasteiger partial charge in [-0.2, -0.15) is 0 Å². The van der Waals surface area contributed by atoms with Crippen molar-refractivity contribution in [3.8, 4) is 0 Å². The van der Waals surface area contributed by atoms with Crippen molar-refractivity contribution in [2.75, 3.05) is 33.4 Å². The molecule has 0 aromatic carbocycles. The van der Waals surface area contributed by atoms with Crippen LogP contribution in [0.5, 0.6) is 0 Å². The van der Waals surface area contributed by atoms with Crippen molar-refractivity contribution < 1.29 is 4.74 Å². The molecule has 0 aromatic heterocycles. The van der Waals surface area contributed by atoms with Crippen molar-refractivity contribution in [3.05, 3.63) is 0 Å². The van der Waals surface area contributed by atoms with Crippen LogP contribution in [0, 0.1) is 5.92 Å². The number of piperidine rings is 1. The number of nitrogens with two attached hydrogens (primary N) is 1. The first-order chi connectivity index (χ1) is 7.22. The Kier molecular flexibility index (Phi) is 6.22. The predicted molar refractivity (Wildman–Crippen MR) is 63.9 cm³/mol. The molecule has 1 aliphatic rings. The van der Waals surface area contributed by atoms with Gasteiger partial charge in [0.1, 0.15) is 0 Å². The van der Waals surface area contributed by atoms with Crippen molar-refractivity contribution in [3.63, 3.8) is 0 Å². The Hall–Kier alpha value is -0.120. The van der Waals surface area contributed by atoms with Crippen LogP contribution in [0.1, 0.15) is 32.6 Å². The lowest BCUT2D eigenvalue weighted by Gasteiger charge is -2.31. The molecular formula is C12H26N2O.